The maximum absolute atomic E-state index is 13.3. The number of benzene rings is 3. The van der Waals surface area contributed by atoms with Crippen LogP contribution in [0.2, 0.25) is 0 Å². The van der Waals surface area contributed by atoms with Crippen LogP contribution in [0.1, 0.15) is 27.9 Å². The summed E-state index contributed by atoms with van der Waals surface area (Å²) in [5, 5.41) is 21.5. The van der Waals surface area contributed by atoms with E-state index in [0.29, 0.717) is 43.1 Å². The zero-order chi connectivity index (χ0) is 27.1. The number of fused-ring (bicyclic) bond motifs is 3. The predicted molar refractivity (Wildman–Crippen MR) is 149 cm³/mol. The van der Waals surface area contributed by atoms with E-state index >= 15 is 0 Å². The molecule has 3 heterocycles. The summed E-state index contributed by atoms with van der Waals surface area (Å²) in [4.78, 5) is 33.3. The zero-order valence-corrected chi connectivity index (χ0v) is 21.7. The van der Waals surface area contributed by atoms with Gasteiger partial charge in [0.25, 0.3) is 11.6 Å². The number of hydrogen-bond acceptors (Lipinski definition) is 7. The lowest BCUT2D eigenvalue weighted by molar-refractivity contribution is -0.385. The number of aromatic nitrogens is 4. The first-order valence-corrected chi connectivity index (χ1v) is 12.9. The second kappa shape index (κ2) is 9.79. The molecule has 196 valence electrons. The Kier molecular flexibility index (Phi) is 6.14. The molecule has 5 aromatic rings. The van der Waals surface area contributed by atoms with E-state index in [-0.39, 0.29) is 11.6 Å². The first-order valence-electron chi connectivity index (χ1n) is 12.9. The number of carbonyl (C=O) groups excluding carboxylic acids is 1. The van der Waals surface area contributed by atoms with Crippen molar-refractivity contribution in [2.75, 3.05) is 31.1 Å². The smallest absolute Gasteiger partial charge is 0.273 e. The molecule has 0 atom stereocenters. The molecule has 10 heteroatoms. The molecule has 39 heavy (non-hydrogen) atoms. The molecule has 0 spiro atoms. The van der Waals surface area contributed by atoms with Gasteiger partial charge in [-0.05, 0) is 38.5 Å². The van der Waals surface area contributed by atoms with Crippen LogP contribution in [0.25, 0.3) is 27.9 Å². The van der Waals surface area contributed by atoms with Gasteiger partial charge in [0.2, 0.25) is 5.95 Å². The van der Waals surface area contributed by atoms with Crippen molar-refractivity contribution in [2.24, 2.45) is 0 Å². The van der Waals surface area contributed by atoms with Crippen LogP contribution in [-0.4, -0.2) is 61.5 Å². The van der Waals surface area contributed by atoms with Gasteiger partial charge in [0, 0.05) is 54.3 Å². The third-order valence-electron chi connectivity index (χ3n) is 7.26. The SMILES string of the molecule is Cc1ccc(-c2nnc3c4ccccc4nc(N4CCCN(C(=O)c5ccc(C)c([N+](=O)[O-])c5)CC4)n23)cc1. The summed E-state index contributed by atoms with van der Waals surface area (Å²) in [5.41, 5.74) is 4.47. The van der Waals surface area contributed by atoms with E-state index in [1.165, 1.54) is 6.07 Å². The third-order valence-corrected chi connectivity index (χ3v) is 7.26. The molecule has 0 unspecified atom stereocenters. The van der Waals surface area contributed by atoms with Crippen molar-refractivity contribution in [2.45, 2.75) is 20.3 Å². The quantitative estimate of drug-likeness (QED) is 0.246. The second-order valence-electron chi connectivity index (χ2n) is 9.87. The van der Waals surface area contributed by atoms with Crippen LogP contribution in [-0.2, 0) is 0 Å². The van der Waals surface area contributed by atoms with Gasteiger partial charge in [-0.1, -0.05) is 48.0 Å². The van der Waals surface area contributed by atoms with Gasteiger partial charge in [-0.2, -0.15) is 0 Å². The van der Waals surface area contributed by atoms with Crippen LogP contribution >= 0.6 is 0 Å². The average molecular weight is 522 g/mol. The average Bonchev–Trinajstić information content (AvgIpc) is 3.24. The highest BCUT2D eigenvalue weighted by Gasteiger charge is 2.26. The number of aryl methyl sites for hydroxylation is 2. The lowest BCUT2D eigenvalue weighted by Gasteiger charge is -2.24. The Balaban J connectivity index is 1.36. The molecule has 1 fully saturated rings. The molecule has 0 bridgehead atoms. The summed E-state index contributed by atoms with van der Waals surface area (Å²) in [6.45, 7) is 5.95. The first kappa shape index (κ1) is 24.5. The highest BCUT2D eigenvalue weighted by molar-refractivity contribution is 5.95. The largest absolute Gasteiger partial charge is 0.340 e. The summed E-state index contributed by atoms with van der Waals surface area (Å²) in [6, 6.07) is 20.7. The van der Waals surface area contributed by atoms with Crippen molar-refractivity contribution in [1.29, 1.82) is 0 Å². The van der Waals surface area contributed by atoms with Gasteiger partial charge in [0.05, 0.1) is 10.4 Å². The number of nitro benzene ring substituents is 1. The first-order chi connectivity index (χ1) is 18.9. The maximum Gasteiger partial charge on any atom is 0.273 e. The van der Waals surface area contributed by atoms with E-state index in [4.69, 9.17) is 4.98 Å². The molecule has 1 aliphatic rings. The van der Waals surface area contributed by atoms with Gasteiger partial charge in [0.15, 0.2) is 11.5 Å². The molecule has 2 aromatic heterocycles. The van der Waals surface area contributed by atoms with E-state index in [9.17, 15) is 14.9 Å². The van der Waals surface area contributed by atoms with Gasteiger partial charge in [0.1, 0.15) is 0 Å². The molecule has 1 saturated heterocycles. The minimum Gasteiger partial charge on any atom is -0.340 e. The molecule has 0 aliphatic carbocycles. The Labute approximate surface area is 224 Å². The van der Waals surface area contributed by atoms with E-state index in [0.717, 1.165) is 40.0 Å². The number of anilines is 1. The Morgan fingerprint density at radius 2 is 1.72 bits per heavy atom. The molecule has 3 aromatic carbocycles. The number of carbonyl (C=O) groups is 1. The number of nitro groups is 1. The monoisotopic (exact) mass is 521 g/mol. The highest BCUT2D eigenvalue weighted by Crippen LogP contribution is 2.29. The lowest BCUT2D eigenvalue weighted by Crippen LogP contribution is -2.36. The third kappa shape index (κ3) is 4.43. The zero-order valence-electron chi connectivity index (χ0n) is 21.7. The van der Waals surface area contributed by atoms with Gasteiger partial charge in [-0.25, -0.2) is 9.38 Å². The second-order valence-corrected chi connectivity index (χ2v) is 9.87. The summed E-state index contributed by atoms with van der Waals surface area (Å²) in [5.74, 6) is 1.23. The van der Waals surface area contributed by atoms with Crippen LogP contribution in [0, 0.1) is 24.0 Å². The number of nitrogens with zero attached hydrogens (tertiary/aromatic N) is 7. The minimum absolute atomic E-state index is 0.0451. The summed E-state index contributed by atoms with van der Waals surface area (Å²) < 4.78 is 2.01. The van der Waals surface area contributed by atoms with E-state index < -0.39 is 4.92 Å². The fourth-order valence-electron chi connectivity index (χ4n) is 5.11. The molecule has 1 aliphatic heterocycles. The van der Waals surface area contributed by atoms with E-state index in [2.05, 4.69) is 27.2 Å². The van der Waals surface area contributed by atoms with Crippen molar-refractivity contribution in [3.8, 4) is 11.4 Å². The summed E-state index contributed by atoms with van der Waals surface area (Å²) >= 11 is 0. The molecule has 0 radical (unpaired) electrons. The molecule has 10 nitrogen and oxygen atoms in total. The number of amides is 1. The molecule has 1 amide bonds. The topological polar surface area (TPSA) is 110 Å². The van der Waals surface area contributed by atoms with Crippen LogP contribution in [0.5, 0.6) is 0 Å². The Morgan fingerprint density at radius 1 is 0.923 bits per heavy atom. The highest BCUT2D eigenvalue weighted by atomic mass is 16.6. The fraction of sp³-hybridized carbons (Fsp3) is 0.241. The number of hydrogen-bond donors (Lipinski definition) is 0. The lowest BCUT2D eigenvalue weighted by atomic mass is 10.1. The normalized spacial score (nSPS) is 14.1. The van der Waals surface area contributed by atoms with E-state index in [1.54, 1.807) is 24.0 Å². The van der Waals surface area contributed by atoms with Crippen LogP contribution in [0.4, 0.5) is 11.6 Å². The predicted octanol–water partition coefficient (Wildman–Crippen LogP) is 4.82. The standard InChI is InChI=1S/C29H27N7O3/c1-19-8-11-21(12-9-19)26-31-32-27-23-6-3-4-7-24(23)30-29(35(26)27)34-15-5-14-33(16-17-34)28(37)22-13-10-20(2)25(18-22)36(38)39/h3-4,6-13,18H,5,14-17H2,1-2H3. The maximum atomic E-state index is 13.3. The van der Waals surface area contributed by atoms with Crippen molar-refractivity contribution < 1.29 is 9.72 Å². The molecule has 0 N–H and O–H groups in total. The van der Waals surface area contributed by atoms with Gasteiger partial charge >= 0.3 is 0 Å². The summed E-state index contributed by atoms with van der Waals surface area (Å²) in [6.07, 6.45) is 0.720. The minimum atomic E-state index is -0.447. The van der Waals surface area contributed by atoms with Crippen LogP contribution in [0.3, 0.4) is 0 Å². The van der Waals surface area contributed by atoms with Crippen LogP contribution < -0.4 is 4.90 Å². The Hall–Kier alpha value is -4.86. The molecule has 0 saturated carbocycles. The van der Waals surface area contributed by atoms with Gasteiger partial charge in [-0.3, -0.25) is 14.9 Å². The van der Waals surface area contributed by atoms with Crippen molar-refractivity contribution in [3.05, 3.63) is 93.5 Å². The fourth-order valence-corrected chi connectivity index (χ4v) is 5.11. The van der Waals surface area contributed by atoms with Crippen molar-refractivity contribution in [1.82, 2.24) is 24.5 Å². The Morgan fingerprint density at radius 3 is 2.51 bits per heavy atom. The summed E-state index contributed by atoms with van der Waals surface area (Å²) in [7, 11) is 0. The van der Waals surface area contributed by atoms with Crippen molar-refractivity contribution in [3.63, 3.8) is 0 Å². The molecule has 6 rings (SSSR count). The van der Waals surface area contributed by atoms with Gasteiger partial charge in [-0.15, -0.1) is 10.2 Å². The Bertz CT molecular complexity index is 1730. The molecular weight excluding hydrogens is 494 g/mol. The van der Waals surface area contributed by atoms with Crippen molar-refractivity contribution >= 4 is 34.1 Å². The number of rotatable bonds is 4. The van der Waals surface area contributed by atoms with E-state index in [1.807, 2.05) is 47.7 Å². The van der Waals surface area contributed by atoms with Gasteiger partial charge < -0.3 is 9.80 Å². The van der Waals surface area contributed by atoms with Crippen LogP contribution in [0.15, 0.2) is 66.7 Å². The molecular formula is C29H27N7O3. The number of para-hydroxylation sites is 1.